The number of amides is 1. The summed E-state index contributed by atoms with van der Waals surface area (Å²) in [5, 5.41) is 7.10. The van der Waals surface area contributed by atoms with Crippen LogP contribution in [0.25, 0.3) is 10.2 Å². The first-order chi connectivity index (χ1) is 13.2. The molecule has 0 saturated heterocycles. The number of carbonyl (C=O) groups is 1. The molecule has 0 saturated carbocycles. The van der Waals surface area contributed by atoms with Gasteiger partial charge in [0.15, 0.2) is 5.13 Å². The molecule has 1 amide bonds. The Labute approximate surface area is 164 Å². The quantitative estimate of drug-likeness (QED) is 0.550. The first-order valence-electron chi connectivity index (χ1n) is 9.38. The highest BCUT2D eigenvalue weighted by Crippen LogP contribution is 2.24. The Morgan fingerprint density at radius 3 is 2.48 bits per heavy atom. The van der Waals surface area contributed by atoms with Crippen LogP contribution in [0.15, 0.2) is 48.5 Å². The first kappa shape index (κ1) is 19.3. The molecule has 142 valence electrons. The molecule has 0 aliphatic heterocycles. The van der Waals surface area contributed by atoms with E-state index in [9.17, 15) is 4.79 Å². The van der Waals surface area contributed by atoms with Gasteiger partial charge >= 0.3 is 0 Å². The zero-order valence-electron chi connectivity index (χ0n) is 15.9. The van der Waals surface area contributed by atoms with Crippen molar-refractivity contribution in [3.05, 3.63) is 59.7 Å². The van der Waals surface area contributed by atoms with Gasteiger partial charge in [-0.15, -0.1) is 0 Å². The van der Waals surface area contributed by atoms with Crippen LogP contribution in [-0.2, 0) is 6.54 Å². The summed E-state index contributed by atoms with van der Waals surface area (Å²) in [5.41, 5.74) is 2.92. The Morgan fingerprint density at radius 1 is 1.04 bits per heavy atom. The average Bonchev–Trinajstić information content (AvgIpc) is 3.12. The number of rotatable bonds is 9. The molecule has 2 N–H and O–H groups in total. The van der Waals surface area contributed by atoms with Gasteiger partial charge in [0.2, 0.25) is 0 Å². The van der Waals surface area contributed by atoms with Crippen molar-refractivity contribution in [2.24, 2.45) is 0 Å². The van der Waals surface area contributed by atoms with E-state index in [1.807, 2.05) is 42.5 Å². The lowest BCUT2D eigenvalue weighted by atomic mass is 10.1. The van der Waals surface area contributed by atoms with Crippen molar-refractivity contribution in [1.82, 2.24) is 15.2 Å². The SMILES string of the molecule is CCN(CC)Cc1ccc(C(=O)NCCNc2nc3ccccc3s2)cc1. The molecule has 1 heterocycles. The topological polar surface area (TPSA) is 57.3 Å². The minimum atomic E-state index is -0.0458. The minimum absolute atomic E-state index is 0.0458. The fourth-order valence-electron chi connectivity index (χ4n) is 2.86. The van der Waals surface area contributed by atoms with Gasteiger partial charge in [-0.25, -0.2) is 4.98 Å². The molecule has 0 aliphatic rings. The van der Waals surface area contributed by atoms with E-state index in [1.54, 1.807) is 11.3 Å². The lowest BCUT2D eigenvalue weighted by Crippen LogP contribution is -2.28. The molecule has 2 aromatic carbocycles. The van der Waals surface area contributed by atoms with Crippen LogP contribution in [0.4, 0.5) is 5.13 Å². The van der Waals surface area contributed by atoms with Crippen molar-refractivity contribution in [3.8, 4) is 0 Å². The first-order valence-corrected chi connectivity index (χ1v) is 10.2. The number of carbonyl (C=O) groups excluding carboxylic acids is 1. The summed E-state index contributed by atoms with van der Waals surface area (Å²) < 4.78 is 1.16. The average molecular weight is 383 g/mol. The highest BCUT2D eigenvalue weighted by atomic mass is 32.1. The van der Waals surface area contributed by atoms with Gasteiger partial charge in [-0.1, -0.05) is 49.4 Å². The van der Waals surface area contributed by atoms with E-state index < -0.39 is 0 Å². The minimum Gasteiger partial charge on any atom is -0.360 e. The van der Waals surface area contributed by atoms with Crippen LogP contribution < -0.4 is 10.6 Å². The van der Waals surface area contributed by atoms with Crippen molar-refractivity contribution in [2.45, 2.75) is 20.4 Å². The normalized spacial score (nSPS) is 11.1. The number of anilines is 1. The van der Waals surface area contributed by atoms with Crippen molar-refractivity contribution in [3.63, 3.8) is 0 Å². The van der Waals surface area contributed by atoms with Crippen LogP contribution in [0.3, 0.4) is 0 Å². The van der Waals surface area contributed by atoms with Gasteiger partial charge in [-0.2, -0.15) is 0 Å². The smallest absolute Gasteiger partial charge is 0.251 e. The Balaban J connectivity index is 1.44. The Hall–Kier alpha value is -2.44. The molecule has 27 heavy (non-hydrogen) atoms. The number of nitrogens with one attached hydrogen (secondary N) is 2. The van der Waals surface area contributed by atoms with E-state index in [4.69, 9.17) is 0 Å². The predicted molar refractivity (Wildman–Crippen MR) is 114 cm³/mol. The van der Waals surface area contributed by atoms with Gasteiger partial charge in [-0.3, -0.25) is 9.69 Å². The monoisotopic (exact) mass is 382 g/mol. The maximum absolute atomic E-state index is 12.3. The highest BCUT2D eigenvalue weighted by Gasteiger charge is 2.07. The Morgan fingerprint density at radius 2 is 1.78 bits per heavy atom. The van der Waals surface area contributed by atoms with Crippen LogP contribution in [0.5, 0.6) is 0 Å². The molecule has 0 unspecified atom stereocenters. The number of para-hydroxylation sites is 1. The molecular formula is C21H26N4OS. The molecule has 3 rings (SSSR count). The number of aromatic nitrogens is 1. The third-order valence-corrected chi connectivity index (χ3v) is 5.49. The fraction of sp³-hybridized carbons (Fsp3) is 0.333. The molecule has 3 aromatic rings. The molecule has 0 atom stereocenters. The summed E-state index contributed by atoms with van der Waals surface area (Å²) in [6.07, 6.45) is 0. The molecule has 5 nitrogen and oxygen atoms in total. The number of hydrogen-bond donors (Lipinski definition) is 2. The van der Waals surface area contributed by atoms with Crippen molar-refractivity contribution >= 4 is 32.6 Å². The van der Waals surface area contributed by atoms with Gasteiger partial charge in [0.1, 0.15) is 0 Å². The lowest BCUT2D eigenvalue weighted by molar-refractivity contribution is 0.0955. The second-order valence-electron chi connectivity index (χ2n) is 6.33. The van der Waals surface area contributed by atoms with Crippen LogP contribution in [0, 0.1) is 0 Å². The molecular weight excluding hydrogens is 356 g/mol. The van der Waals surface area contributed by atoms with E-state index in [0.717, 1.165) is 35.0 Å². The highest BCUT2D eigenvalue weighted by molar-refractivity contribution is 7.22. The van der Waals surface area contributed by atoms with Crippen LogP contribution in [0.2, 0.25) is 0 Å². The molecule has 0 fully saturated rings. The summed E-state index contributed by atoms with van der Waals surface area (Å²) in [6, 6.07) is 15.9. The number of thiazole rings is 1. The summed E-state index contributed by atoms with van der Waals surface area (Å²) in [4.78, 5) is 19.2. The zero-order valence-corrected chi connectivity index (χ0v) is 16.7. The van der Waals surface area contributed by atoms with E-state index in [2.05, 4.69) is 40.4 Å². The second-order valence-corrected chi connectivity index (χ2v) is 7.36. The Bertz CT molecular complexity index is 838. The van der Waals surface area contributed by atoms with E-state index in [0.29, 0.717) is 18.7 Å². The molecule has 0 spiro atoms. The molecule has 0 aliphatic carbocycles. The molecule has 0 bridgehead atoms. The van der Waals surface area contributed by atoms with Crippen LogP contribution in [0.1, 0.15) is 29.8 Å². The van der Waals surface area contributed by atoms with E-state index in [-0.39, 0.29) is 5.91 Å². The maximum atomic E-state index is 12.3. The van der Waals surface area contributed by atoms with Crippen LogP contribution in [-0.4, -0.2) is 42.0 Å². The molecule has 1 aromatic heterocycles. The summed E-state index contributed by atoms with van der Waals surface area (Å²) in [6.45, 7) is 8.49. The number of benzene rings is 2. The molecule has 6 heteroatoms. The number of nitrogens with zero attached hydrogens (tertiary/aromatic N) is 2. The van der Waals surface area contributed by atoms with Gasteiger partial charge in [0.25, 0.3) is 5.91 Å². The Kier molecular flexibility index (Phi) is 6.79. The second kappa shape index (κ2) is 9.48. The summed E-state index contributed by atoms with van der Waals surface area (Å²) in [7, 11) is 0. The van der Waals surface area contributed by atoms with Gasteiger partial charge in [0, 0.05) is 25.2 Å². The third-order valence-electron chi connectivity index (χ3n) is 4.50. The van der Waals surface area contributed by atoms with Crippen LogP contribution >= 0.6 is 11.3 Å². The van der Waals surface area contributed by atoms with Gasteiger partial charge in [0.05, 0.1) is 10.2 Å². The summed E-state index contributed by atoms with van der Waals surface area (Å²) in [5.74, 6) is -0.0458. The standard InChI is InChI=1S/C21H26N4OS/c1-3-25(4-2)15-16-9-11-17(12-10-16)20(26)22-13-14-23-21-24-18-7-5-6-8-19(18)27-21/h5-12H,3-4,13-15H2,1-2H3,(H,22,26)(H,23,24). The summed E-state index contributed by atoms with van der Waals surface area (Å²) >= 11 is 1.62. The van der Waals surface area contributed by atoms with Crippen molar-refractivity contribution in [1.29, 1.82) is 0 Å². The van der Waals surface area contributed by atoms with E-state index in [1.165, 1.54) is 5.56 Å². The van der Waals surface area contributed by atoms with E-state index >= 15 is 0 Å². The number of hydrogen-bond acceptors (Lipinski definition) is 5. The third kappa shape index (κ3) is 5.28. The van der Waals surface area contributed by atoms with Crippen molar-refractivity contribution in [2.75, 3.05) is 31.5 Å². The van der Waals surface area contributed by atoms with Gasteiger partial charge in [-0.05, 0) is 42.9 Å². The van der Waals surface area contributed by atoms with Crippen molar-refractivity contribution < 1.29 is 4.79 Å². The molecule has 0 radical (unpaired) electrons. The lowest BCUT2D eigenvalue weighted by Gasteiger charge is -2.18. The van der Waals surface area contributed by atoms with Gasteiger partial charge < -0.3 is 10.6 Å². The zero-order chi connectivity index (χ0) is 19.1. The maximum Gasteiger partial charge on any atom is 0.251 e. The fourth-order valence-corrected chi connectivity index (χ4v) is 3.75. The number of fused-ring (bicyclic) bond motifs is 1. The predicted octanol–water partition coefficient (Wildman–Crippen LogP) is 3.98. The largest absolute Gasteiger partial charge is 0.360 e.